The van der Waals surface area contributed by atoms with Crippen LogP contribution in [0.25, 0.3) is 0 Å². The molecule has 4 nitrogen and oxygen atoms in total. The van der Waals surface area contributed by atoms with E-state index in [1.165, 1.54) is 11.1 Å². The third-order valence-corrected chi connectivity index (χ3v) is 8.10. The molecule has 2 N–H and O–H groups in total. The summed E-state index contributed by atoms with van der Waals surface area (Å²) in [5.74, 6) is 1.68. The molecule has 0 radical (unpaired) electrons. The second kappa shape index (κ2) is 6.80. The Morgan fingerprint density at radius 2 is 2.00 bits per heavy atom. The summed E-state index contributed by atoms with van der Waals surface area (Å²) in [5, 5.41) is 21.0. The number of phenolic OH excluding ortho intramolecular Hbond substituents is 1. The van der Waals surface area contributed by atoms with E-state index in [1.54, 1.807) is 0 Å². The minimum Gasteiger partial charge on any atom is -0.508 e. The minimum absolute atomic E-state index is 0.140. The number of aromatic hydroxyl groups is 1. The van der Waals surface area contributed by atoms with Crippen LogP contribution in [0.2, 0.25) is 0 Å². The van der Waals surface area contributed by atoms with Gasteiger partial charge < -0.3 is 15.1 Å². The van der Waals surface area contributed by atoms with E-state index in [0.29, 0.717) is 36.6 Å². The number of hydrogen-bond acceptors (Lipinski definition) is 3. The van der Waals surface area contributed by atoms with Gasteiger partial charge in [-0.3, -0.25) is 4.79 Å². The molecule has 0 aliphatic heterocycles. The Hall–Kier alpha value is -1.55. The second-order valence-electron chi connectivity index (χ2n) is 9.14. The number of amides is 1. The lowest BCUT2D eigenvalue weighted by Crippen LogP contribution is -2.46. The van der Waals surface area contributed by atoms with Gasteiger partial charge in [-0.1, -0.05) is 13.0 Å². The Labute approximate surface area is 162 Å². The number of fused-ring (bicyclic) bond motifs is 5. The molecule has 0 saturated heterocycles. The number of hydrogen-bond donors (Lipinski definition) is 2. The Bertz CT molecular complexity index is 728. The van der Waals surface area contributed by atoms with Gasteiger partial charge in [-0.25, -0.2) is 0 Å². The van der Waals surface area contributed by atoms with Crippen molar-refractivity contribution >= 4 is 5.91 Å². The molecule has 0 heterocycles. The Kier molecular flexibility index (Phi) is 4.74. The molecule has 2 saturated carbocycles. The van der Waals surface area contributed by atoms with E-state index in [9.17, 15) is 15.0 Å². The molecule has 4 unspecified atom stereocenters. The molecule has 1 aromatic carbocycles. The largest absolute Gasteiger partial charge is 0.508 e. The average Bonchev–Trinajstić information content (AvgIpc) is 2.93. The van der Waals surface area contributed by atoms with Crippen LogP contribution in [0.15, 0.2) is 18.2 Å². The van der Waals surface area contributed by atoms with Crippen molar-refractivity contribution in [3.8, 4) is 5.75 Å². The predicted molar refractivity (Wildman–Crippen MR) is 106 cm³/mol. The van der Waals surface area contributed by atoms with Crippen LogP contribution < -0.4 is 0 Å². The zero-order valence-corrected chi connectivity index (χ0v) is 16.8. The highest BCUT2D eigenvalue weighted by Crippen LogP contribution is 2.62. The van der Waals surface area contributed by atoms with Crippen molar-refractivity contribution in [2.45, 2.75) is 64.9 Å². The second-order valence-corrected chi connectivity index (χ2v) is 9.14. The Morgan fingerprint density at radius 3 is 2.70 bits per heavy atom. The number of rotatable bonds is 3. The predicted octanol–water partition coefficient (Wildman–Crippen LogP) is 3.70. The van der Waals surface area contributed by atoms with E-state index in [2.05, 4.69) is 13.0 Å². The third-order valence-electron chi connectivity index (χ3n) is 8.10. The van der Waals surface area contributed by atoms with Crippen molar-refractivity contribution in [3.05, 3.63) is 29.3 Å². The molecule has 6 atom stereocenters. The SMILES string of the molecule is CCN(CC)C(=O)C1CC2C3CCc4cc(O)ccc4C3CC[C@]2(C)[C@H]1O. The molecule has 2 fully saturated rings. The van der Waals surface area contributed by atoms with Gasteiger partial charge >= 0.3 is 0 Å². The van der Waals surface area contributed by atoms with Crippen LogP contribution in [0.4, 0.5) is 0 Å². The number of carbonyl (C=O) groups excluding carboxylic acids is 1. The summed E-state index contributed by atoms with van der Waals surface area (Å²) in [7, 11) is 0. The highest BCUT2D eigenvalue weighted by Gasteiger charge is 2.59. The molecule has 27 heavy (non-hydrogen) atoms. The summed E-state index contributed by atoms with van der Waals surface area (Å²) >= 11 is 0. The molecule has 1 aromatic rings. The highest BCUT2D eigenvalue weighted by molar-refractivity contribution is 5.80. The van der Waals surface area contributed by atoms with Crippen LogP contribution in [0.1, 0.15) is 63.5 Å². The topological polar surface area (TPSA) is 60.8 Å². The quantitative estimate of drug-likeness (QED) is 0.852. The van der Waals surface area contributed by atoms with Gasteiger partial charge in [0, 0.05) is 13.1 Å². The van der Waals surface area contributed by atoms with E-state index >= 15 is 0 Å². The lowest BCUT2D eigenvalue weighted by Gasteiger charge is -2.50. The number of aliphatic hydroxyl groups excluding tert-OH is 1. The normalized spacial score (nSPS) is 37.3. The molecule has 1 amide bonds. The first kappa shape index (κ1) is 18.8. The van der Waals surface area contributed by atoms with E-state index in [-0.39, 0.29) is 17.2 Å². The first-order valence-corrected chi connectivity index (χ1v) is 10.7. The summed E-state index contributed by atoms with van der Waals surface area (Å²) < 4.78 is 0. The van der Waals surface area contributed by atoms with Gasteiger partial charge in [-0.2, -0.15) is 0 Å². The molecular weight excluding hydrogens is 338 g/mol. The van der Waals surface area contributed by atoms with Crippen molar-refractivity contribution in [1.82, 2.24) is 4.90 Å². The third kappa shape index (κ3) is 2.79. The fourth-order valence-corrected chi connectivity index (χ4v) is 6.60. The average molecular weight is 372 g/mol. The van der Waals surface area contributed by atoms with Crippen molar-refractivity contribution < 1.29 is 15.0 Å². The lowest BCUT2D eigenvalue weighted by molar-refractivity contribution is -0.139. The monoisotopic (exact) mass is 371 g/mol. The maximum absolute atomic E-state index is 13.0. The number of carbonyl (C=O) groups is 1. The van der Waals surface area contributed by atoms with Gasteiger partial charge in [0.15, 0.2) is 0 Å². The summed E-state index contributed by atoms with van der Waals surface area (Å²) in [6.07, 6.45) is 4.42. The number of phenols is 1. The first-order chi connectivity index (χ1) is 12.9. The number of aliphatic hydroxyl groups is 1. The zero-order chi connectivity index (χ0) is 19.3. The van der Waals surface area contributed by atoms with Crippen LogP contribution in [-0.4, -0.2) is 40.2 Å². The summed E-state index contributed by atoms with van der Waals surface area (Å²) in [4.78, 5) is 14.9. The zero-order valence-electron chi connectivity index (χ0n) is 16.8. The van der Waals surface area contributed by atoms with E-state index < -0.39 is 6.10 Å². The van der Waals surface area contributed by atoms with Crippen molar-refractivity contribution in [3.63, 3.8) is 0 Å². The van der Waals surface area contributed by atoms with E-state index in [0.717, 1.165) is 32.1 Å². The van der Waals surface area contributed by atoms with Gasteiger partial charge in [-0.05, 0) is 92.4 Å². The van der Waals surface area contributed by atoms with Crippen LogP contribution in [-0.2, 0) is 11.2 Å². The van der Waals surface area contributed by atoms with Gasteiger partial charge in [-0.15, -0.1) is 0 Å². The standard InChI is InChI=1S/C23H33NO3/c1-4-24(5-2)22(27)19-13-20-18-8-6-14-12-15(25)7-9-16(14)17(18)10-11-23(20,3)21(19)26/h7,9,12,17-21,25-26H,4-6,8,10-11,13H2,1-3H3/t17?,18?,19?,20?,21-,23-/m0/s1. The maximum atomic E-state index is 13.0. The first-order valence-electron chi connectivity index (χ1n) is 10.7. The van der Waals surface area contributed by atoms with Crippen LogP contribution in [0.3, 0.4) is 0 Å². The molecule has 3 aliphatic rings. The molecule has 0 spiro atoms. The van der Waals surface area contributed by atoms with Gasteiger partial charge in [0.1, 0.15) is 5.75 Å². The van der Waals surface area contributed by atoms with Crippen LogP contribution >= 0.6 is 0 Å². The fraction of sp³-hybridized carbons (Fsp3) is 0.696. The van der Waals surface area contributed by atoms with Gasteiger partial charge in [0.05, 0.1) is 12.0 Å². The van der Waals surface area contributed by atoms with Crippen LogP contribution in [0, 0.1) is 23.2 Å². The minimum atomic E-state index is -0.530. The number of aryl methyl sites for hydroxylation is 1. The Balaban J connectivity index is 1.63. The van der Waals surface area contributed by atoms with Crippen molar-refractivity contribution in [1.29, 1.82) is 0 Å². The van der Waals surface area contributed by atoms with E-state index in [1.807, 2.05) is 30.9 Å². The number of benzene rings is 1. The summed E-state index contributed by atoms with van der Waals surface area (Å²) in [5.41, 5.74) is 2.52. The fourth-order valence-electron chi connectivity index (χ4n) is 6.60. The molecular formula is C23H33NO3. The van der Waals surface area contributed by atoms with Gasteiger partial charge in [0.2, 0.25) is 5.91 Å². The van der Waals surface area contributed by atoms with E-state index in [4.69, 9.17) is 0 Å². The molecule has 148 valence electrons. The molecule has 4 heteroatoms. The smallest absolute Gasteiger partial charge is 0.228 e. The molecule has 4 rings (SSSR count). The maximum Gasteiger partial charge on any atom is 0.228 e. The van der Waals surface area contributed by atoms with Crippen molar-refractivity contribution in [2.24, 2.45) is 23.2 Å². The Morgan fingerprint density at radius 1 is 1.26 bits per heavy atom. The number of nitrogens with zero attached hydrogens (tertiary/aromatic N) is 1. The summed E-state index contributed by atoms with van der Waals surface area (Å²) in [6.45, 7) is 7.67. The molecule has 0 bridgehead atoms. The lowest BCUT2D eigenvalue weighted by atomic mass is 9.55. The van der Waals surface area contributed by atoms with Crippen LogP contribution in [0.5, 0.6) is 5.75 Å². The molecule has 0 aromatic heterocycles. The van der Waals surface area contributed by atoms with Crippen molar-refractivity contribution in [2.75, 3.05) is 13.1 Å². The summed E-state index contributed by atoms with van der Waals surface area (Å²) in [6, 6.07) is 5.84. The van der Waals surface area contributed by atoms with Gasteiger partial charge in [0.25, 0.3) is 0 Å². The molecule has 3 aliphatic carbocycles. The highest BCUT2D eigenvalue weighted by atomic mass is 16.3.